The summed E-state index contributed by atoms with van der Waals surface area (Å²) in [5, 5.41) is 3.28. The fraction of sp³-hybridized carbons (Fsp3) is 0.714. The summed E-state index contributed by atoms with van der Waals surface area (Å²) in [5.41, 5.74) is 1.07. The molecule has 1 unspecified atom stereocenters. The molecule has 0 aromatic carbocycles. The van der Waals surface area contributed by atoms with E-state index in [1.165, 1.54) is 6.42 Å². The summed E-state index contributed by atoms with van der Waals surface area (Å²) in [6.07, 6.45) is 7.11. The minimum atomic E-state index is -0.158. The number of aromatic nitrogens is 2. The van der Waals surface area contributed by atoms with Crippen LogP contribution in [-0.4, -0.2) is 40.0 Å². The minimum absolute atomic E-state index is 0.158. The number of amides is 1. The Morgan fingerprint density at radius 1 is 1.42 bits per heavy atom. The van der Waals surface area contributed by atoms with E-state index in [2.05, 4.69) is 17.2 Å². The molecule has 0 aliphatic carbocycles. The van der Waals surface area contributed by atoms with Crippen LogP contribution < -0.4 is 5.32 Å². The Labute approximate surface area is 115 Å². The van der Waals surface area contributed by atoms with Crippen molar-refractivity contribution in [3.05, 3.63) is 18.2 Å². The van der Waals surface area contributed by atoms with E-state index in [-0.39, 0.29) is 11.9 Å². The molecule has 2 heterocycles. The number of nitrogens with one attached hydrogen (secondary N) is 1. The zero-order valence-electron chi connectivity index (χ0n) is 11.9. The molecule has 106 valence electrons. The van der Waals surface area contributed by atoms with E-state index in [9.17, 15) is 4.79 Å². The van der Waals surface area contributed by atoms with E-state index in [4.69, 9.17) is 0 Å². The smallest absolute Gasteiger partial charge is 0.245 e. The summed E-state index contributed by atoms with van der Waals surface area (Å²) in [7, 11) is 0. The third-order valence-corrected chi connectivity index (χ3v) is 3.74. The van der Waals surface area contributed by atoms with Crippen molar-refractivity contribution in [2.75, 3.05) is 19.6 Å². The lowest BCUT2D eigenvalue weighted by molar-refractivity contribution is -0.135. The first kappa shape index (κ1) is 14.1. The number of likely N-dealkylation sites (tertiary alicyclic amines) is 1. The van der Waals surface area contributed by atoms with Crippen LogP contribution in [0.1, 0.15) is 44.8 Å². The van der Waals surface area contributed by atoms with E-state index >= 15 is 0 Å². The van der Waals surface area contributed by atoms with E-state index < -0.39 is 0 Å². The van der Waals surface area contributed by atoms with Crippen LogP contribution in [0.4, 0.5) is 0 Å². The van der Waals surface area contributed by atoms with Gasteiger partial charge in [-0.25, -0.2) is 4.98 Å². The molecule has 5 nitrogen and oxygen atoms in total. The molecule has 1 aromatic heterocycles. The van der Waals surface area contributed by atoms with Crippen molar-refractivity contribution in [2.24, 2.45) is 0 Å². The van der Waals surface area contributed by atoms with E-state index in [1.807, 2.05) is 22.6 Å². The van der Waals surface area contributed by atoms with E-state index in [1.54, 1.807) is 6.33 Å². The van der Waals surface area contributed by atoms with Gasteiger partial charge in [0, 0.05) is 25.8 Å². The van der Waals surface area contributed by atoms with Gasteiger partial charge in [0.05, 0.1) is 12.0 Å². The number of hydrogen-bond acceptors (Lipinski definition) is 3. The Balaban J connectivity index is 2.03. The second-order valence-electron chi connectivity index (χ2n) is 5.13. The molecule has 1 saturated heterocycles. The van der Waals surface area contributed by atoms with Crippen molar-refractivity contribution in [3.8, 4) is 0 Å². The van der Waals surface area contributed by atoms with Gasteiger partial charge in [0.1, 0.15) is 6.04 Å². The SMILES string of the molecule is CCNCc1cncn1C(C)C(=O)N1CCCCC1. The van der Waals surface area contributed by atoms with E-state index in [0.717, 1.165) is 44.7 Å². The summed E-state index contributed by atoms with van der Waals surface area (Å²) < 4.78 is 1.99. The highest BCUT2D eigenvalue weighted by atomic mass is 16.2. The fourth-order valence-electron chi connectivity index (χ4n) is 2.57. The minimum Gasteiger partial charge on any atom is -0.341 e. The van der Waals surface area contributed by atoms with Gasteiger partial charge in [-0.3, -0.25) is 4.79 Å². The third-order valence-electron chi connectivity index (χ3n) is 3.74. The average Bonchev–Trinajstić information content (AvgIpc) is 2.92. The standard InChI is InChI=1S/C14H24N4O/c1-3-15-9-13-10-16-11-18(13)12(2)14(19)17-7-5-4-6-8-17/h10-12,15H,3-9H2,1-2H3. The lowest BCUT2D eigenvalue weighted by atomic mass is 10.1. The van der Waals surface area contributed by atoms with Gasteiger partial charge in [-0.05, 0) is 32.7 Å². The summed E-state index contributed by atoms with van der Waals surface area (Å²) in [4.78, 5) is 18.6. The molecule has 1 fully saturated rings. The van der Waals surface area contributed by atoms with Crippen molar-refractivity contribution in [1.82, 2.24) is 19.8 Å². The van der Waals surface area contributed by atoms with Gasteiger partial charge in [0.2, 0.25) is 5.91 Å². The molecule has 0 spiro atoms. The Morgan fingerprint density at radius 3 is 2.84 bits per heavy atom. The number of imidazole rings is 1. The Bertz CT molecular complexity index is 409. The van der Waals surface area contributed by atoms with Gasteiger partial charge in [-0.1, -0.05) is 6.92 Å². The molecular formula is C14H24N4O. The largest absolute Gasteiger partial charge is 0.341 e. The fourth-order valence-corrected chi connectivity index (χ4v) is 2.57. The zero-order valence-corrected chi connectivity index (χ0v) is 11.9. The van der Waals surface area contributed by atoms with Gasteiger partial charge >= 0.3 is 0 Å². The van der Waals surface area contributed by atoms with Gasteiger partial charge in [-0.2, -0.15) is 0 Å². The summed E-state index contributed by atoms with van der Waals surface area (Å²) in [5.74, 6) is 0.218. The Morgan fingerprint density at radius 2 is 2.16 bits per heavy atom. The van der Waals surface area contributed by atoms with Crippen LogP contribution in [-0.2, 0) is 11.3 Å². The highest BCUT2D eigenvalue weighted by Gasteiger charge is 2.24. The molecule has 19 heavy (non-hydrogen) atoms. The first-order valence-electron chi connectivity index (χ1n) is 7.24. The Hall–Kier alpha value is -1.36. The van der Waals surface area contributed by atoms with Crippen LogP contribution >= 0.6 is 0 Å². The molecule has 1 N–H and O–H groups in total. The maximum Gasteiger partial charge on any atom is 0.245 e. The van der Waals surface area contributed by atoms with Crippen molar-refractivity contribution < 1.29 is 4.79 Å². The number of nitrogens with zero attached hydrogens (tertiary/aromatic N) is 3. The van der Waals surface area contributed by atoms with Gasteiger partial charge in [0.15, 0.2) is 0 Å². The van der Waals surface area contributed by atoms with Crippen molar-refractivity contribution in [1.29, 1.82) is 0 Å². The lowest BCUT2D eigenvalue weighted by Gasteiger charge is -2.30. The van der Waals surface area contributed by atoms with Crippen molar-refractivity contribution in [2.45, 2.75) is 45.7 Å². The molecular weight excluding hydrogens is 240 g/mol. The molecule has 2 rings (SSSR count). The van der Waals surface area contributed by atoms with Crippen molar-refractivity contribution >= 4 is 5.91 Å². The number of carbonyl (C=O) groups excluding carboxylic acids is 1. The molecule has 1 aliphatic rings. The number of rotatable bonds is 5. The van der Waals surface area contributed by atoms with Crippen LogP contribution in [0, 0.1) is 0 Å². The zero-order chi connectivity index (χ0) is 13.7. The molecule has 1 aliphatic heterocycles. The molecule has 0 bridgehead atoms. The number of carbonyl (C=O) groups is 1. The topological polar surface area (TPSA) is 50.2 Å². The highest BCUT2D eigenvalue weighted by molar-refractivity contribution is 5.80. The molecule has 1 aromatic rings. The van der Waals surface area contributed by atoms with Crippen molar-refractivity contribution in [3.63, 3.8) is 0 Å². The molecule has 0 radical (unpaired) electrons. The van der Waals surface area contributed by atoms with Crippen LogP contribution in [0.2, 0.25) is 0 Å². The Kier molecular flexibility index (Phi) is 4.96. The van der Waals surface area contributed by atoms with Crippen LogP contribution in [0.3, 0.4) is 0 Å². The average molecular weight is 264 g/mol. The summed E-state index contributed by atoms with van der Waals surface area (Å²) in [6.45, 7) is 7.52. The number of hydrogen-bond donors (Lipinski definition) is 1. The van der Waals surface area contributed by atoms with Crippen LogP contribution in [0.5, 0.6) is 0 Å². The van der Waals surface area contributed by atoms with Gasteiger partial charge < -0.3 is 14.8 Å². The van der Waals surface area contributed by atoms with Gasteiger partial charge in [0.25, 0.3) is 0 Å². The first-order valence-corrected chi connectivity index (χ1v) is 7.24. The maximum atomic E-state index is 12.5. The lowest BCUT2D eigenvalue weighted by Crippen LogP contribution is -2.40. The highest BCUT2D eigenvalue weighted by Crippen LogP contribution is 2.17. The maximum absolute atomic E-state index is 12.5. The quantitative estimate of drug-likeness (QED) is 0.878. The van der Waals surface area contributed by atoms with Crippen LogP contribution in [0.25, 0.3) is 0 Å². The normalized spacial score (nSPS) is 17.5. The second kappa shape index (κ2) is 6.70. The molecule has 1 atom stereocenters. The monoisotopic (exact) mass is 264 g/mol. The van der Waals surface area contributed by atoms with Crippen LogP contribution in [0.15, 0.2) is 12.5 Å². The first-order chi connectivity index (χ1) is 9.24. The molecule has 1 amide bonds. The predicted molar refractivity (Wildman–Crippen MR) is 74.7 cm³/mol. The summed E-state index contributed by atoms with van der Waals surface area (Å²) in [6, 6.07) is -0.158. The number of piperidine rings is 1. The second-order valence-corrected chi connectivity index (χ2v) is 5.13. The molecule has 5 heteroatoms. The van der Waals surface area contributed by atoms with E-state index in [0.29, 0.717) is 0 Å². The summed E-state index contributed by atoms with van der Waals surface area (Å²) >= 11 is 0. The van der Waals surface area contributed by atoms with Gasteiger partial charge in [-0.15, -0.1) is 0 Å². The molecule has 0 saturated carbocycles. The predicted octanol–water partition coefficient (Wildman–Crippen LogP) is 1.57. The third kappa shape index (κ3) is 3.35.